The zero-order chi connectivity index (χ0) is 7.44. The average molecular weight is 147 g/mol. The third-order valence-electron chi connectivity index (χ3n) is 0.622. The first-order chi connectivity index (χ1) is 4.04. The zero-order valence-electron chi connectivity index (χ0n) is 4.25. The Hall–Kier alpha value is -0.350. The second-order valence-corrected chi connectivity index (χ2v) is 1.38. The van der Waals surface area contributed by atoms with Crippen molar-refractivity contribution in [3.8, 4) is 0 Å². The highest BCUT2D eigenvalue weighted by molar-refractivity contribution is 4.73. The third kappa shape index (κ3) is 4.17. The second-order valence-electron chi connectivity index (χ2n) is 1.38. The lowest BCUT2D eigenvalue weighted by Crippen LogP contribution is -2.09. The lowest BCUT2D eigenvalue weighted by Gasteiger charge is -2.02. The first-order valence-corrected chi connectivity index (χ1v) is 2.14. The molecule has 0 amide bonds. The van der Waals surface area contributed by atoms with Gasteiger partial charge >= 0.3 is 6.43 Å². The molecule has 5 heteroatoms. The minimum Gasteiger partial charge on any atom is -0.240 e. The Morgan fingerprint density at radius 1 is 1.11 bits per heavy atom. The first-order valence-electron chi connectivity index (χ1n) is 2.14. The van der Waals surface area contributed by atoms with Gasteiger partial charge in [0.25, 0.3) is 0 Å². The van der Waals surface area contributed by atoms with E-state index in [1.807, 2.05) is 0 Å². The van der Waals surface area contributed by atoms with Gasteiger partial charge in [-0.05, 0) is 0 Å². The van der Waals surface area contributed by atoms with Gasteiger partial charge in [-0.25, -0.2) is 13.2 Å². The molecule has 0 aromatic heterocycles. The van der Waals surface area contributed by atoms with Crippen LogP contribution in [0.5, 0.6) is 0 Å². The summed E-state index contributed by atoms with van der Waals surface area (Å²) in [5, 5.41) is 0. The van der Waals surface area contributed by atoms with Crippen LogP contribution in [-0.2, 0) is 0 Å². The van der Waals surface area contributed by atoms with Crippen molar-refractivity contribution in [3.05, 3.63) is 6.43 Å². The van der Waals surface area contributed by atoms with Gasteiger partial charge in [-0.2, -0.15) is 8.78 Å². The molecule has 0 heterocycles. The number of rotatable bonds is 3. The van der Waals surface area contributed by atoms with Crippen molar-refractivity contribution in [1.29, 1.82) is 0 Å². The van der Waals surface area contributed by atoms with E-state index >= 15 is 0 Å². The summed E-state index contributed by atoms with van der Waals surface area (Å²) in [6.07, 6.45) is -9.79. The van der Waals surface area contributed by atoms with Gasteiger partial charge in [0.2, 0.25) is 6.43 Å². The lowest BCUT2D eigenvalue weighted by atomic mass is 10.3. The van der Waals surface area contributed by atoms with Gasteiger partial charge in [-0.1, -0.05) is 0 Å². The molecule has 0 aliphatic heterocycles. The van der Waals surface area contributed by atoms with Gasteiger partial charge in [-0.3, -0.25) is 0 Å². The molecule has 9 heavy (non-hydrogen) atoms. The highest BCUT2D eigenvalue weighted by Crippen LogP contribution is 2.19. The summed E-state index contributed by atoms with van der Waals surface area (Å²) >= 11 is 0. The fraction of sp³-hybridized carbons (Fsp3) is 0.750. The molecule has 0 saturated carbocycles. The molecule has 0 aromatic rings. The summed E-state index contributed by atoms with van der Waals surface area (Å²) in [5.74, 6) is 0. The molecule has 0 aliphatic carbocycles. The first kappa shape index (κ1) is 8.65. The van der Waals surface area contributed by atoms with Crippen molar-refractivity contribution in [1.82, 2.24) is 0 Å². The van der Waals surface area contributed by atoms with Gasteiger partial charge in [0.05, 0.1) is 0 Å². The summed E-state index contributed by atoms with van der Waals surface area (Å²) < 4.78 is 55.6. The Kier molecular flexibility index (Phi) is 3.49. The van der Waals surface area contributed by atoms with Crippen molar-refractivity contribution < 1.29 is 22.0 Å². The number of hydrogen-bond donors (Lipinski definition) is 0. The van der Waals surface area contributed by atoms with Crippen LogP contribution in [0.1, 0.15) is 6.42 Å². The third-order valence-corrected chi connectivity index (χ3v) is 0.622. The van der Waals surface area contributed by atoms with E-state index < -0.39 is 25.4 Å². The van der Waals surface area contributed by atoms with Gasteiger partial charge in [-0.15, -0.1) is 0 Å². The molecule has 55 valence electrons. The van der Waals surface area contributed by atoms with Crippen LogP contribution in [0.2, 0.25) is 0 Å². The van der Waals surface area contributed by atoms with Crippen molar-refractivity contribution >= 4 is 0 Å². The van der Waals surface area contributed by atoms with Crippen LogP contribution in [0.4, 0.5) is 22.0 Å². The van der Waals surface area contributed by atoms with E-state index in [2.05, 4.69) is 0 Å². The smallest absolute Gasteiger partial charge is 0.240 e. The molecule has 1 unspecified atom stereocenters. The highest BCUT2D eigenvalue weighted by Gasteiger charge is 2.25. The predicted octanol–water partition coefficient (Wildman–Crippen LogP) is 2.41. The summed E-state index contributed by atoms with van der Waals surface area (Å²) in [6, 6.07) is 0. The monoisotopic (exact) mass is 147 g/mol. The fourth-order valence-corrected chi connectivity index (χ4v) is 0.246. The largest absolute Gasteiger partial charge is 0.343 e. The quantitative estimate of drug-likeness (QED) is 0.537. The number of halogens is 5. The van der Waals surface area contributed by atoms with Crippen LogP contribution < -0.4 is 0 Å². The van der Waals surface area contributed by atoms with Gasteiger partial charge in [0, 0.05) is 6.42 Å². The zero-order valence-corrected chi connectivity index (χ0v) is 4.25. The Bertz CT molecular complexity index is 71.4. The summed E-state index contributed by atoms with van der Waals surface area (Å²) in [4.78, 5) is 0. The van der Waals surface area contributed by atoms with Crippen LogP contribution in [0.3, 0.4) is 0 Å². The minimum atomic E-state index is -3.01. The van der Waals surface area contributed by atoms with Gasteiger partial charge in [0.1, 0.15) is 0 Å². The molecule has 0 fully saturated rings. The lowest BCUT2D eigenvalue weighted by molar-refractivity contribution is 0.0667. The molecular weight excluding hydrogens is 143 g/mol. The van der Waals surface area contributed by atoms with Crippen molar-refractivity contribution in [2.45, 2.75) is 19.0 Å². The number of alkyl halides is 3. The molecule has 0 aromatic carbocycles. The van der Waals surface area contributed by atoms with E-state index in [4.69, 9.17) is 0 Å². The summed E-state index contributed by atoms with van der Waals surface area (Å²) in [5.41, 5.74) is 0. The molecular formula is C4H4F5. The van der Waals surface area contributed by atoms with Gasteiger partial charge < -0.3 is 0 Å². The molecule has 0 N–H and O–H groups in total. The average Bonchev–Trinajstić information content (AvgIpc) is 1.63. The Labute approximate surface area is 48.7 Å². The predicted molar refractivity (Wildman–Crippen MR) is 21.0 cm³/mol. The van der Waals surface area contributed by atoms with Gasteiger partial charge in [0.15, 0.2) is 6.17 Å². The highest BCUT2D eigenvalue weighted by atomic mass is 19.3. The van der Waals surface area contributed by atoms with Crippen molar-refractivity contribution in [3.63, 3.8) is 0 Å². The SMILES string of the molecule is F[C](F)C(F)CC(F)F. The van der Waals surface area contributed by atoms with E-state index in [-0.39, 0.29) is 0 Å². The van der Waals surface area contributed by atoms with Crippen molar-refractivity contribution in [2.24, 2.45) is 0 Å². The van der Waals surface area contributed by atoms with E-state index in [0.29, 0.717) is 0 Å². The van der Waals surface area contributed by atoms with Crippen LogP contribution in [-0.4, -0.2) is 12.6 Å². The standard InChI is InChI=1S/C4H4F5/c5-2(4(8)9)1-3(6)7/h2-3H,1H2. The van der Waals surface area contributed by atoms with E-state index in [1.54, 1.807) is 0 Å². The molecule has 0 aliphatic rings. The Balaban J connectivity index is 3.38. The molecule has 0 bridgehead atoms. The normalized spacial score (nSPS) is 15.0. The van der Waals surface area contributed by atoms with E-state index in [0.717, 1.165) is 0 Å². The maximum atomic E-state index is 11.5. The van der Waals surface area contributed by atoms with Crippen molar-refractivity contribution in [2.75, 3.05) is 0 Å². The minimum absolute atomic E-state index is 1.41. The van der Waals surface area contributed by atoms with E-state index in [9.17, 15) is 22.0 Å². The van der Waals surface area contributed by atoms with E-state index in [1.165, 1.54) is 0 Å². The molecule has 0 nitrogen and oxygen atoms in total. The Morgan fingerprint density at radius 3 is 1.67 bits per heavy atom. The maximum Gasteiger partial charge on any atom is 0.343 e. The fourth-order valence-electron chi connectivity index (χ4n) is 0.246. The van der Waals surface area contributed by atoms with Crippen LogP contribution in [0.25, 0.3) is 0 Å². The summed E-state index contributed by atoms with van der Waals surface area (Å²) in [7, 11) is 0. The maximum absolute atomic E-state index is 11.5. The number of hydrogen-bond acceptors (Lipinski definition) is 0. The second kappa shape index (κ2) is 3.63. The molecule has 0 saturated heterocycles. The molecule has 1 atom stereocenters. The van der Waals surface area contributed by atoms with Crippen LogP contribution in [0, 0.1) is 6.43 Å². The van der Waals surface area contributed by atoms with Crippen LogP contribution in [0.15, 0.2) is 0 Å². The topological polar surface area (TPSA) is 0 Å². The summed E-state index contributed by atoms with van der Waals surface area (Å²) in [6.45, 7) is 0. The molecule has 0 rings (SSSR count). The molecule has 0 spiro atoms. The molecule has 1 radical (unpaired) electrons. The van der Waals surface area contributed by atoms with Crippen LogP contribution >= 0.6 is 0 Å². The Morgan fingerprint density at radius 2 is 1.56 bits per heavy atom.